The molecule has 1 aromatic carbocycles. The van der Waals surface area contributed by atoms with Gasteiger partial charge >= 0.3 is 0 Å². The van der Waals surface area contributed by atoms with Crippen molar-refractivity contribution >= 4 is 23.4 Å². The highest BCUT2D eigenvalue weighted by molar-refractivity contribution is 6.04. The fraction of sp³-hybridized carbons (Fsp3) is 0.550. The molecule has 0 bridgehead atoms. The number of fused-ring (bicyclic) bond motifs is 1. The number of hydrogen-bond acceptors (Lipinski definition) is 5. The number of amides is 3. The van der Waals surface area contributed by atoms with Crippen molar-refractivity contribution in [2.75, 3.05) is 58.3 Å². The van der Waals surface area contributed by atoms with Crippen LogP contribution in [0.1, 0.15) is 29.6 Å². The van der Waals surface area contributed by atoms with Gasteiger partial charge in [0.25, 0.3) is 11.8 Å². The monoisotopic (exact) mass is 388 g/mol. The molecule has 0 radical (unpaired) electrons. The van der Waals surface area contributed by atoms with Crippen molar-refractivity contribution in [2.24, 2.45) is 0 Å². The van der Waals surface area contributed by atoms with Crippen LogP contribution in [-0.4, -0.2) is 80.9 Å². The minimum absolute atomic E-state index is 0.0848. The molecule has 2 aliphatic rings. The van der Waals surface area contributed by atoms with Gasteiger partial charge in [0.2, 0.25) is 5.91 Å². The van der Waals surface area contributed by atoms with Crippen LogP contribution < -0.4 is 15.0 Å². The summed E-state index contributed by atoms with van der Waals surface area (Å²) in [6.07, 6.45) is 3.40. The average molecular weight is 388 g/mol. The van der Waals surface area contributed by atoms with E-state index in [0.29, 0.717) is 23.5 Å². The number of nitrogens with one attached hydrogen (secondary N) is 1. The van der Waals surface area contributed by atoms with Gasteiger partial charge in [-0.3, -0.25) is 19.3 Å². The number of anilines is 1. The Morgan fingerprint density at radius 2 is 1.96 bits per heavy atom. The second-order valence-corrected chi connectivity index (χ2v) is 7.40. The molecule has 0 spiro atoms. The third-order valence-electron chi connectivity index (χ3n) is 5.03. The van der Waals surface area contributed by atoms with Gasteiger partial charge in [-0.1, -0.05) is 0 Å². The van der Waals surface area contributed by atoms with Crippen LogP contribution in [0.5, 0.6) is 5.75 Å². The molecule has 152 valence electrons. The Hall–Kier alpha value is -2.61. The molecule has 0 aromatic heterocycles. The normalized spacial score (nSPS) is 16.5. The summed E-state index contributed by atoms with van der Waals surface area (Å²) in [4.78, 5) is 42.2. The van der Waals surface area contributed by atoms with Crippen LogP contribution in [-0.2, 0) is 9.59 Å². The van der Waals surface area contributed by atoms with E-state index >= 15 is 0 Å². The summed E-state index contributed by atoms with van der Waals surface area (Å²) in [5, 5.41) is 2.89. The summed E-state index contributed by atoms with van der Waals surface area (Å²) < 4.78 is 5.44. The first-order valence-electron chi connectivity index (χ1n) is 9.73. The number of hydrogen-bond donors (Lipinski definition) is 1. The van der Waals surface area contributed by atoms with Crippen molar-refractivity contribution in [3.63, 3.8) is 0 Å². The molecule has 8 nitrogen and oxygen atoms in total. The van der Waals surface area contributed by atoms with Gasteiger partial charge in [0.05, 0.1) is 5.69 Å². The number of carbonyl (C=O) groups excluding carboxylic acids is 3. The molecule has 1 N–H and O–H groups in total. The summed E-state index contributed by atoms with van der Waals surface area (Å²) in [6, 6.07) is 4.93. The Bertz CT molecular complexity index is 744. The molecule has 8 heteroatoms. The summed E-state index contributed by atoms with van der Waals surface area (Å²) in [5.74, 6) is -0.190. The van der Waals surface area contributed by atoms with Gasteiger partial charge in [0, 0.05) is 26.2 Å². The Labute approximate surface area is 165 Å². The van der Waals surface area contributed by atoms with Gasteiger partial charge < -0.3 is 19.9 Å². The molecule has 0 unspecified atom stereocenters. The van der Waals surface area contributed by atoms with Crippen molar-refractivity contribution in [3.8, 4) is 5.75 Å². The highest BCUT2D eigenvalue weighted by Crippen LogP contribution is 2.33. The topological polar surface area (TPSA) is 82.2 Å². The van der Waals surface area contributed by atoms with E-state index in [1.165, 1.54) is 22.6 Å². The summed E-state index contributed by atoms with van der Waals surface area (Å²) in [7, 11) is 3.33. The van der Waals surface area contributed by atoms with Gasteiger partial charge in [-0.15, -0.1) is 0 Å². The molecule has 1 aromatic rings. The molecule has 0 atom stereocenters. The van der Waals surface area contributed by atoms with E-state index in [-0.39, 0.29) is 30.9 Å². The summed E-state index contributed by atoms with van der Waals surface area (Å²) in [6.45, 7) is 3.65. The van der Waals surface area contributed by atoms with Crippen LogP contribution in [0.15, 0.2) is 18.2 Å². The van der Waals surface area contributed by atoms with Crippen LogP contribution >= 0.6 is 0 Å². The first kappa shape index (κ1) is 20.1. The zero-order valence-corrected chi connectivity index (χ0v) is 16.6. The van der Waals surface area contributed by atoms with Crippen molar-refractivity contribution < 1.29 is 19.1 Å². The van der Waals surface area contributed by atoms with Crippen LogP contribution in [0.2, 0.25) is 0 Å². The SMILES string of the molecule is CN(C)C(=O)c1ccc2c(c1)N(CC(=O)NCCCN1CCCC1)C(=O)CO2. The molecule has 28 heavy (non-hydrogen) atoms. The first-order chi connectivity index (χ1) is 13.5. The van der Waals surface area contributed by atoms with E-state index in [9.17, 15) is 14.4 Å². The van der Waals surface area contributed by atoms with E-state index in [0.717, 1.165) is 26.1 Å². The third-order valence-corrected chi connectivity index (χ3v) is 5.03. The van der Waals surface area contributed by atoms with Crippen LogP contribution in [0, 0.1) is 0 Å². The average Bonchev–Trinajstić information content (AvgIpc) is 3.20. The number of benzene rings is 1. The Balaban J connectivity index is 1.60. The van der Waals surface area contributed by atoms with E-state index in [4.69, 9.17) is 4.74 Å². The maximum absolute atomic E-state index is 12.4. The zero-order valence-electron chi connectivity index (χ0n) is 16.6. The van der Waals surface area contributed by atoms with Crippen molar-refractivity contribution in [1.82, 2.24) is 15.1 Å². The smallest absolute Gasteiger partial charge is 0.265 e. The highest BCUT2D eigenvalue weighted by atomic mass is 16.5. The molecular weight excluding hydrogens is 360 g/mol. The van der Waals surface area contributed by atoms with Crippen LogP contribution in [0.4, 0.5) is 5.69 Å². The Morgan fingerprint density at radius 3 is 2.68 bits per heavy atom. The molecule has 2 aliphatic heterocycles. The molecule has 3 rings (SSSR count). The van der Waals surface area contributed by atoms with Crippen molar-refractivity contribution in [1.29, 1.82) is 0 Å². The highest BCUT2D eigenvalue weighted by Gasteiger charge is 2.28. The molecular formula is C20H28N4O4. The van der Waals surface area contributed by atoms with Crippen LogP contribution in [0.3, 0.4) is 0 Å². The maximum atomic E-state index is 12.4. The standard InChI is InChI=1S/C20H28N4O4/c1-22(2)20(27)15-6-7-17-16(12-15)24(19(26)14-28-17)13-18(25)21-8-5-11-23-9-3-4-10-23/h6-7,12H,3-5,8-11,13-14H2,1-2H3,(H,21,25). The van der Waals surface area contributed by atoms with Gasteiger partial charge in [-0.2, -0.15) is 0 Å². The van der Waals surface area contributed by atoms with Gasteiger partial charge in [0.15, 0.2) is 6.61 Å². The Morgan fingerprint density at radius 1 is 1.21 bits per heavy atom. The molecule has 0 aliphatic carbocycles. The van der Waals surface area contributed by atoms with E-state index < -0.39 is 0 Å². The lowest BCUT2D eigenvalue weighted by atomic mass is 10.1. The largest absolute Gasteiger partial charge is 0.482 e. The van der Waals surface area contributed by atoms with Crippen molar-refractivity contribution in [3.05, 3.63) is 23.8 Å². The molecule has 1 saturated heterocycles. The lowest BCUT2D eigenvalue weighted by molar-refractivity contribution is -0.125. The molecule has 3 amide bonds. The maximum Gasteiger partial charge on any atom is 0.265 e. The molecule has 1 fully saturated rings. The fourth-order valence-electron chi connectivity index (χ4n) is 3.50. The molecule has 0 saturated carbocycles. The van der Waals surface area contributed by atoms with E-state index in [2.05, 4.69) is 10.2 Å². The Kier molecular flexibility index (Phi) is 6.51. The summed E-state index contributed by atoms with van der Waals surface area (Å²) in [5.41, 5.74) is 0.897. The number of rotatable bonds is 7. The number of nitrogens with zero attached hydrogens (tertiary/aromatic N) is 3. The van der Waals surface area contributed by atoms with Gasteiger partial charge in [0.1, 0.15) is 12.3 Å². The predicted octanol–water partition coefficient (Wildman–Crippen LogP) is 0.716. The second kappa shape index (κ2) is 9.05. The van der Waals surface area contributed by atoms with E-state index in [1.54, 1.807) is 32.3 Å². The lowest BCUT2D eigenvalue weighted by Crippen LogP contribution is -2.45. The van der Waals surface area contributed by atoms with E-state index in [1.807, 2.05) is 0 Å². The zero-order chi connectivity index (χ0) is 20.1. The minimum Gasteiger partial charge on any atom is -0.482 e. The quantitative estimate of drug-likeness (QED) is 0.696. The predicted molar refractivity (Wildman–Crippen MR) is 106 cm³/mol. The van der Waals surface area contributed by atoms with Crippen molar-refractivity contribution in [2.45, 2.75) is 19.3 Å². The number of ether oxygens (including phenoxy) is 1. The minimum atomic E-state index is -0.297. The second-order valence-electron chi connectivity index (χ2n) is 7.40. The third kappa shape index (κ3) is 4.81. The summed E-state index contributed by atoms with van der Waals surface area (Å²) >= 11 is 0. The molecule has 2 heterocycles. The van der Waals surface area contributed by atoms with Gasteiger partial charge in [-0.25, -0.2) is 0 Å². The lowest BCUT2D eigenvalue weighted by Gasteiger charge is -2.29. The first-order valence-corrected chi connectivity index (χ1v) is 9.73. The number of likely N-dealkylation sites (tertiary alicyclic amines) is 1. The van der Waals surface area contributed by atoms with Crippen LogP contribution in [0.25, 0.3) is 0 Å². The fourth-order valence-corrected chi connectivity index (χ4v) is 3.50. The van der Waals surface area contributed by atoms with Gasteiger partial charge in [-0.05, 0) is 57.1 Å². The number of carbonyl (C=O) groups is 3.